The molecule has 0 bridgehead atoms. The Hall–Kier alpha value is -2.58. The van der Waals surface area contributed by atoms with Crippen LogP contribution < -0.4 is 5.32 Å². The van der Waals surface area contributed by atoms with Gasteiger partial charge in [-0.25, -0.2) is 4.57 Å². The molecule has 0 aliphatic rings. The van der Waals surface area contributed by atoms with Gasteiger partial charge in [0, 0.05) is 6.42 Å². The van der Waals surface area contributed by atoms with Crippen LogP contribution in [-0.4, -0.2) is 73.4 Å². The molecule has 0 radical (unpaired) electrons. The Kier molecular flexibility index (Phi) is 61.0. The molecule has 8 nitrogen and oxygen atoms in total. The highest BCUT2D eigenvalue weighted by atomic mass is 31.2. The quantitative estimate of drug-likeness (QED) is 0.0243. The number of phosphoric acid groups is 1. The van der Waals surface area contributed by atoms with E-state index in [0.29, 0.717) is 23.9 Å². The van der Waals surface area contributed by atoms with E-state index in [0.717, 1.165) is 103 Å². The molecule has 0 rings (SSSR count). The SMILES string of the molecule is CC/C=C\C/C=C\C/C=C\C/C=C\C/C=C\C/C=C\C/C=C\C/C=C\CCCCCCCCC(=O)NC(COP(=O)(O)OCC[N+](C)(C)C)C(O)CCCCCCCCCCCCCCCCCCCCCCCCCCCCCCC. The van der Waals surface area contributed by atoms with Crippen LogP contribution in [0, 0.1) is 0 Å². The average Bonchev–Trinajstić information content (AvgIpc) is 3.47. The molecule has 3 unspecified atom stereocenters. The van der Waals surface area contributed by atoms with Crippen LogP contribution in [0.25, 0.3) is 0 Å². The van der Waals surface area contributed by atoms with E-state index in [2.05, 4.69) is 116 Å². The molecule has 0 aliphatic heterocycles. The van der Waals surface area contributed by atoms with Crippen LogP contribution in [0.4, 0.5) is 0 Å². The number of aliphatic hydroxyl groups excluding tert-OH is 1. The molecule has 0 aromatic heterocycles. The largest absolute Gasteiger partial charge is 0.472 e. The molecule has 0 aromatic rings. The lowest BCUT2D eigenvalue weighted by atomic mass is 10.0. The minimum absolute atomic E-state index is 0.0671. The highest BCUT2D eigenvalue weighted by Gasteiger charge is 2.28. The van der Waals surface area contributed by atoms with Gasteiger partial charge < -0.3 is 19.8 Å². The van der Waals surface area contributed by atoms with Gasteiger partial charge in [-0.2, -0.15) is 0 Å². The number of quaternary nitrogens is 1. The van der Waals surface area contributed by atoms with E-state index in [1.807, 2.05) is 21.1 Å². The van der Waals surface area contributed by atoms with Gasteiger partial charge in [0.05, 0.1) is 39.9 Å². The second-order valence-electron chi connectivity index (χ2n) is 24.5. The van der Waals surface area contributed by atoms with E-state index in [1.165, 1.54) is 180 Å². The molecule has 3 atom stereocenters. The number of likely N-dealkylation sites (N-methyl/N-ethyl adjacent to an activating group) is 1. The fraction of sp³-hybridized carbons (Fsp3) is 0.767. The number of hydrogen-bond donors (Lipinski definition) is 3. The van der Waals surface area contributed by atoms with Crippen LogP contribution >= 0.6 is 7.82 Å². The summed E-state index contributed by atoms with van der Waals surface area (Å²) in [6.07, 6.45) is 90.7. The lowest BCUT2D eigenvalue weighted by molar-refractivity contribution is -0.870. The Balaban J connectivity index is 4.13. The summed E-state index contributed by atoms with van der Waals surface area (Å²) in [6.45, 7) is 4.79. The average molecular weight is 1170 g/mol. The Bertz CT molecular complexity index is 1660. The number of nitrogens with zero attached hydrogens (tertiary/aromatic N) is 1. The van der Waals surface area contributed by atoms with Gasteiger partial charge in [0.1, 0.15) is 13.2 Å². The van der Waals surface area contributed by atoms with Crippen molar-refractivity contribution in [1.82, 2.24) is 5.32 Å². The Morgan fingerprint density at radius 2 is 0.732 bits per heavy atom. The summed E-state index contributed by atoms with van der Waals surface area (Å²) in [7, 11) is 1.60. The van der Waals surface area contributed by atoms with Gasteiger partial charge >= 0.3 is 7.82 Å². The number of carbonyl (C=O) groups excluding carboxylic acids is 1. The maximum absolute atomic E-state index is 13.1. The molecule has 0 saturated carbocycles. The van der Waals surface area contributed by atoms with E-state index in [9.17, 15) is 19.4 Å². The summed E-state index contributed by atoms with van der Waals surface area (Å²) < 4.78 is 23.9. The zero-order valence-corrected chi connectivity index (χ0v) is 55.4. The second kappa shape index (κ2) is 62.9. The summed E-state index contributed by atoms with van der Waals surface area (Å²) in [6, 6.07) is -0.778. The third-order valence-corrected chi connectivity index (χ3v) is 16.3. The van der Waals surface area contributed by atoms with Crippen LogP contribution in [0.3, 0.4) is 0 Å². The van der Waals surface area contributed by atoms with Crippen molar-refractivity contribution >= 4 is 13.7 Å². The van der Waals surface area contributed by atoms with Crippen LogP contribution in [0.2, 0.25) is 0 Å². The summed E-state index contributed by atoms with van der Waals surface area (Å²) >= 11 is 0. The maximum atomic E-state index is 13.1. The van der Waals surface area contributed by atoms with Crippen LogP contribution in [0.5, 0.6) is 0 Å². The van der Waals surface area contributed by atoms with Gasteiger partial charge in [0.25, 0.3) is 0 Å². The molecule has 0 aliphatic carbocycles. The molecule has 1 amide bonds. The third-order valence-electron chi connectivity index (χ3n) is 15.3. The highest BCUT2D eigenvalue weighted by molar-refractivity contribution is 7.47. The van der Waals surface area contributed by atoms with Gasteiger partial charge in [0.2, 0.25) is 5.91 Å². The Labute approximate surface area is 509 Å². The molecule has 82 heavy (non-hydrogen) atoms. The summed E-state index contributed by atoms with van der Waals surface area (Å²) in [5.74, 6) is -0.159. The van der Waals surface area contributed by atoms with Crippen LogP contribution in [-0.2, 0) is 18.4 Å². The monoisotopic (exact) mass is 1170 g/mol. The Morgan fingerprint density at radius 1 is 0.427 bits per heavy atom. The minimum Gasteiger partial charge on any atom is -0.391 e. The van der Waals surface area contributed by atoms with E-state index in [1.54, 1.807) is 0 Å². The zero-order chi connectivity index (χ0) is 59.8. The van der Waals surface area contributed by atoms with Gasteiger partial charge in [-0.05, 0) is 77.0 Å². The van der Waals surface area contributed by atoms with Crippen LogP contribution in [0.1, 0.15) is 309 Å². The van der Waals surface area contributed by atoms with Crippen molar-refractivity contribution in [3.05, 3.63) is 97.2 Å². The number of phosphoric ester groups is 1. The molecule has 476 valence electrons. The predicted molar refractivity (Wildman–Crippen MR) is 359 cm³/mol. The normalized spacial score (nSPS) is 14.3. The summed E-state index contributed by atoms with van der Waals surface area (Å²) in [5, 5.41) is 14.1. The second-order valence-corrected chi connectivity index (χ2v) is 26.0. The Morgan fingerprint density at radius 3 is 1.07 bits per heavy atom. The van der Waals surface area contributed by atoms with Crippen molar-refractivity contribution in [3.63, 3.8) is 0 Å². The number of rotatable bonds is 63. The maximum Gasteiger partial charge on any atom is 0.472 e. The van der Waals surface area contributed by atoms with E-state index < -0.39 is 20.0 Å². The first-order valence-electron chi connectivity index (χ1n) is 34.6. The molecule has 0 fully saturated rings. The van der Waals surface area contributed by atoms with Crippen molar-refractivity contribution < 1.29 is 32.9 Å². The van der Waals surface area contributed by atoms with Gasteiger partial charge in [-0.1, -0.05) is 323 Å². The summed E-state index contributed by atoms with van der Waals surface area (Å²) in [5.41, 5.74) is 0. The predicted octanol–water partition coefficient (Wildman–Crippen LogP) is 22.1. The number of nitrogens with one attached hydrogen (secondary N) is 1. The molecule has 9 heteroatoms. The van der Waals surface area contributed by atoms with Gasteiger partial charge in [-0.15, -0.1) is 0 Å². The van der Waals surface area contributed by atoms with Gasteiger partial charge in [-0.3, -0.25) is 13.8 Å². The number of carbonyl (C=O) groups is 1. The molecule has 0 heterocycles. The fourth-order valence-electron chi connectivity index (χ4n) is 10.0. The van der Waals surface area contributed by atoms with Crippen molar-refractivity contribution in [3.8, 4) is 0 Å². The third kappa shape index (κ3) is 65.0. The van der Waals surface area contributed by atoms with E-state index >= 15 is 0 Å². The minimum atomic E-state index is -4.34. The molecule has 3 N–H and O–H groups in total. The molecule has 0 spiro atoms. The lowest BCUT2D eigenvalue weighted by Gasteiger charge is -2.26. The number of amides is 1. The smallest absolute Gasteiger partial charge is 0.391 e. The first-order chi connectivity index (χ1) is 40.0. The standard InChI is InChI=1S/C73H133N2O6P/c1-6-8-10-12-14-16-18-20-22-24-26-28-30-32-34-36-37-39-41-43-45-47-49-51-53-55-57-59-61-63-65-67-73(77)74-71(70-81-82(78,79)80-69-68-75(3,4)5)72(76)66-64-62-60-58-56-54-52-50-48-46-44-42-40-38-35-33-31-29-27-25-23-21-19-17-15-13-11-9-7-2/h8,10,14,16,20,22,26,28,32,34,37,39,43,45,49,51,71-72,76H,6-7,9,11-13,15,17-19,21,23-25,27,29-31,33,35-36,38,40-42,44,46-48,50,52-70H2,1-5H3,(H-,74,77,78,79)/p+1/b10-8-,16-14-,22-20-,28-26-,34-32-,39-37-,45-43-,51-49-. The topological polar surface area (TPSA) is 105 Å². The lowest BCUT2D eigenvalue weighted by Crippen LogP contribution is -2.46. The van der Waals surface area contributed by atoms with Crippen LogP contribution in [0.15, 0.2) is 97.2 Å². The van der Waals surface area contributed by atoms with E-state index in [4.69, 9.17) is 9.05 Å². The zero-order valence-electron chi connectivity index (χ0n) is 54.5. The summed E-state index contributed by atoms with van der Waals surface area (Å²) in [4.78, 5) is 23.5. The first kappa shape index (κ1) is 79.4. The molecule has 0 saturated heterocycles. The molecular weight excluding hydrogens is 1030 g/mol. The number of hydrogen-bond acceptors (Lipinski definition) is 5. The number of aliphatic hydroxyl groups is 1. The van der Waals surface area contributed by atoms with E-state index in [-0.39, 0.29) is 19.1 Å². The fourth-order valence-corrected chi connectivity index (χ4v) is 10.7. The van der Waals surface area contributed by atoms with Crippen molar-refractivity contribution in [2.24, 2.45) is 0 Å². The molecular formula is C73H134N2O6P+. The van der Waals surface area contributed by atoms with Crippen molar-refractivity contribution in [1.29, 1.82) is 0 Å². The first-order valence-corrected chi connectivity index (χ1v) is 36.1. The van der Waals surface area contributed by atoms with Crippen molar-refractivity contribution in [2.45, 2.75) is 321 Å². The van der Waals surface area contributed by atoms with Crippen molar-refractivity contribution in [2.75, 3.05) is 40.9 Å². The number of allylic oxidation sites excluding steroid dienone is 16. The van der Waals surface area contributed by atoms with Gasteiger partial charge in [0.15, 0.2) is 0 Å². The molecule has 0 aromatic carbocycles. The number of unbranched alkanes of at least 4 members (excludes halogenated alkanes) is 34. The highest BCUT2D eigenvalue weighted by Crippen LogP contribution is 2.43.